The molecule has 0 aliphatic carbocycles. The minimum absolute atomic E-state index is 0.0530. The highest BCUT2D eigenvalue weighted by Gasteiger charge is 2.54. The maximum atomic E-state index is 14.2. The van der Waals surface area contributed by atoms with E-state index in [1.54, 1.807) is 0 Å². The molecule has 74 heavy (non-hydrogen) atoms. The van der Waals surface area contributed by atoms with Crippen LogP contribution in [-0.2, 0) is 74.8 Å². The van der Waals surface area contributed by atoms with E-state index in [0.29, 0.717) is 19.6 Å². The summed E-state index contributed by atoms with van der Waals surface area (Å²) >= 11 is 0. The molecule has 3 amide bonds. The molecule has 4 aliphatic heterocycles. The van der Waals surface area contributed by atoms with E-state index in [2.05, 4.69) is 35.2 Å². The molecule has 0 bridgehead atoms. The Kier molecular flexibility index (Phi) is 17.6. The number of nitrogens with zero attached hydrogens (tertiary/aromatic N) is 7. The van der Waals surface area contributed by atoms with Gasteiger partial charge in [-0.05, 0) is 6.42 Å². The number of nitrogens with one attached hydrogen (secondary N) is 3. The van der Waals surface area contributed by atoms with Crippen molar-refractivity contribution in [3.8, 4) is 0 Å². The first-order chi connectivity index (χ1) is 35.4. The first kappa shape index (κ1) is 54.6. The Labute approximate surface area is 417 Å². The maximum Gasteiger partial charge on any atom is 0.472 e. The molecule has 0 aromatic carbocycles. The lowest BCUT2D eigenvalue weighted by Gasteiger charge is -2.30. The highest BCUT2D eigenvalue weighted by Crippen LogP contribution is 2.54. The number of phosphoric ester groups is 1. The average Bonchev–Trinajstić information content (AvgIpc) is 4.16. The van der Waals surface area contributed by atoms with Crippen molar-refractivity contribution in [2.45, 2.75) is 74.7 Å². The maximum absolute atomic E-state index is 14.2. The summed E-state index contributed by atoms with van der Waals surface area (Å²) in [6.45, 7) is 1.24. The van der Waals surface area contributed by atoms with E-state index < -0.39 is 106 Å². The van der Waals surface area contributed by atoms with Gasteiger partial charge >= 0.3 is 15.4 Å². The van der Waals surface area contributed by atoms with Crippen LogP contribution >= 0.6 is 15.4 Å². The number of aliphatic hydroxyl groups excluding tert-OH is 1. The zero-order chi connectivity index (χ0) is 52.7. The highest BCUT2D eigenvalue weighted by molar-refractivity contribution is 7.53. The normalized spacial score (nSPS) is 28.4. The molecule has 4 aromatic rings. The Morgan fingerprint density at radius 1 is 0.743 bits per heavy atom. The van der Waals surface area contributed by atoms with Gasteiger partial charge < -0.3 is 64.3 Å². The Morgan fingerprint density at radius 2 is 1.27 bits per heavy atom. The molecule has 4 aromatic heterocycles. The predicted octanol–water partition coefficient (Wildman–Crippen LogP) is -2.08. The molecule has 0 spiro atoms. The Bertz CT molecular complexity index is 2930. The van der Waals surface area contributed by atoms with Crippen molar-refractivity contribution in [1.82, 2.24) is 49.3 Å². The van der Waals surface area contributed by atoms with Gasteiger partial charge in [0.2, 0.25) is 17.8 Å². The summed E-state index contributed by atoms with van der Waals surface area (Å²) < 4.78 is 87.3. The van der Waals surface area contributed by atoms with Crippen LogP contribution in [-0.4, -0.2) is 193 Å². The molecule has 3 fully saturated rings. The minimum Gasteiger partial charge on any atom is -0.386 e. The zero-order valence-electron chi connectivity index (χ0n) is 39.5. The van der Waals surface area contributed by atoms with Gasteiger partial charge in [-0.3, -0.25) is 66.4 Å². The molecule has 34 heteroatoms. The predicted molar refractivity (Wildman–Crippen MR) is 248 cm³/mol. The van der Waals surface area contributed by atoms with Crippen molar-refractivity contribution < 1.29 is 84.8 Å². The van der Waals surface area contributed by atoms with Gasteiger partial charge in [-0.2, -0.15) is 9.97 Å². The van der Waals surface area contributed by atoms with Crippen LogP contribution in [0, 0.1) is 0 Å². The number of imide groups is 1. The molecule has 0 saturated carbocycles. The van der Waals surface area contributed by atoms with Crippen molar-refractivity contribution in [3.63, 3.8) is 0 Å². The summed E-state index contributed by atoms with van der Waals surface area (Å²) in [4.78, 5) is 107. The van der Waals surface area contributed by atoms with Crippen LogP contribution in [0.4, 0.5) is 11.9 Å². The van der Waals surface area contributed by atoms with E-state index in [-0.39, 0.29) is 105 Å². The lowest BCUT2D eigenvalue weighted by molar-refractivity contribution is -0.137. The molecule has 8 heterocycles. The molecule has 8 rings (SSSR count). The molecule has 32 nitrogen and oxygen atoms in total. The summed E-state index contributed by atoms with van der Waals surface area (Å²) in [5, 5.41) is 14.2. The van der Waals surface area contributed by atoms with Gasteiger partial charge in [0, 0.05) is 51.2 Å². The van der Waals surface area contributed by atoms with Gasteiger partial charge in [0.05, 0.1) is 72.1 Å². The van der Waals surface area contributed by atoms with Crippen LogP contribution in [0.3, 0.4) is 0 Å². The van der Waals surface area contributed by atoms with Crippen LogP contribution in [0.25, 0.3) is 22.3 Å². The lowest BCUT2D eigenvalue weighted by atomic mass is 10.1. The third-order valence-electron chi connectivity index (χ3n) is 11.7. The van der Waals surface area contributed by atoms with Gasteiger partial charge in [-0.25, -0.2) is 14.5 Å². The second-order valence-electron chi connectivity index (χ2n) is 17.0. The second kappa shape index (κ2) is 23.9. The van der Waals surface area contributed by atoms with E-state index >= 15 is 0 Å². The summed E-state index contributed by atoms with van der Waals surface area (Å²) in [5.41, 5.74) is 9.68. The number of fused-ring (bicyclic) bond motifs is 4. The number of carbonyl (C=O) groups is 4. The molecule has 10 atom stereocenters. The number of ether oxygens (including phenoxy) is 6. The molecule has 0 radical (unpaired) electrons. The largest absolute Gasteiger partial charge is 0.472 e. The fraction of sp³-hybridized carbons (Fsp3) is 0.600. The molecule has 4 unspecified atom stereocenters. The van der Waals surface area contributed by atoms with E-state index in [9.17, 15) is 47.9 Å². The minimum atomic E-state index is -5.18. The zero-order valence-corrected chi connectivity index (χ0v) is 41.2. The first-order valence-electron chi connectivity index (χ1n) is 23.0. The highest BCUT2D eigenvalue weighted by atomic mass is 31.2. The van der Waals surface area contributed by atoms with Gasteiger partial charge in [0.1, 0.15) is 42.3 Å². The number of nitrogens with two attached hydrogens (primary N) is 2. The number of Topliss-reactive ketones (excluding diaryl/α,β-unsaturated/α-hetero) is 1. The monoisotopic (exact) mass is 1080 g/mol. The van der Waals surface area contributed by atoms with Gasteiger partial charge in [-0.15, -0.1) is 0 Å². The van der Waals surface area contributed by atoms with Crippen LogP contribution in [0.5, 0.6) is 0 Å². The number of carbonyl (C=O) groups excluding carboxylic acids is 4. The van der Waals surface area contributed by atoms with E-state index in [0.717, 1.165) is 22.5 Å². The lowest BCUT2D eigenvalue weighted by Crippen LogP contribution is -2.48. The number of hydrogen-bond donors (Lipinski definition) is 7. The summed E-state index contributed by atoms with van der Waals surface area (Å²) in [7, 11) is -9.46. The number of aromatic nitrogens is 8. The first-order valence-corrected chi connectivity index (χ1v) is 26.5. The Hall–Kier alpha value is -5.70. The molecule has 4 aliphatic rings. The van der Waals surface area contributed by atoms with E-state index in [1.807, 2.05) is 0 Å². The number of aliphatic hydroxyl groups is 1. The van der Waals surface area contributed by atoms with Crippen LogP contribution in [0.1, 0.15) is 38.1 Å². The standard InChI is InChI=1S/C40H54N12O20P2/c1-73(60)67-17-23-32(30(57)38(70-23)52-20-44-29-34(52)47-40(42)49-36(29)59)72-74(61,62)68-18-22-31(71-73)27(37(69-22)51-19-43-28-33(51)46-39(41)48-35(28)58)45-24(54)7-10-64-12-14-66-16-15-65-13-11-63-9-2-3-21(53)6-8-50-25(55)4-5-26(50)56/h4-5,19-20,22-23,27,30-32,37-38,57H,2-3,6-18H2,1H3,(H,45,54)(H,61,62)(H3,41,46,48,58)(H3,42,47,49,59)/t22-,23-,27?,30?,31+,32+,37-,38-,73?/m1/s1. The van der Waals surface area contributed by atoms with Crippen molar-refractivity contribution in [2.75, 3.05) is 90.7 Å². The fourth-order valence-electron chi connectivity index (χ4n) is 8.25. The number of rotatable bonds is 22. The number of phosphoric acid groups is 1. The number of amides is 3. The number of anilines is 2. The van der Waals surface area contributed by atoms with Gasteiger partial charge in [0.15, 0.2) is 34.8 Å². The third kappa shape index (κ3) is 13.2. The summed E-state index contributed by atoms with van der Waals surface area (Å²) in [6, 6.07) is -1.33. The van der Waals surface area contributed by atoms with Crippen molar-refractivity contribution in [1.29, 1.82) is 0 Å². The van der Waals surface area contributed by atoms with Crippen LogP contribution in [0.2, 0.25) is 0 Å². The smallest absolute Gasteiger partial charge is 0.386 e. The molecule has 9 N–H and O–H groups in total. The Balaban J connectivity index is 0.827. The number of H-pyrrole nitrogens is 2. The summed E-state index contributed by atoms with van der Waals surface area (Å²) in [5.74, 6) is -2.11. The average molecular weight is 1080 g/mol. The van der Waals surface area contributed by atoms with Gasteiger partial charge in [-0.1, -0.05) is 0 Å². The van der Waals surface area contributed by atoms with Crippen LogP contribution in [0.15, 0.2) is 34.4 Å². The number of ketones is 1. The molecule has 404 valence electrons. The van der Waals surface area contributed by atoms with Crippen molar-refractivity contribution in [3.05, 3.63) is 45.5 Å². The SMILES string of the molecule is CP1(=O)OC[C@H]2O[C@@H](n3cnc4c(=O)[nH]c(N)nc43)C(O)[C@H]2OP(=O)(O)OC[C@H]2O[C@@H](n3cnc4c(=O)[nH]c(N)nc43)C(NC(=O)CCOCCOCCOCCOCCCC(=O)CCN3C(=O)C=CC3=O)[C@H]2O1. The van der Waals surface area contributed by atoms with Gasteiger partial charge in [0.25, 0.3) is 22.9 Å². The van der Waals surface area contributed by atoms with E-state index in [4.69, 9.17) is 58.0 Å². The molecule has 3 saturated heterocycles. The Morgan fingerprint density at radius 3 is 1.88 bits per heavy atom. The fourth-order valence-corrected chi connectivity index (χ4v) is 10.4. The number of hydrogen-bond acceptors (Lipinski definition) is 25. The molecular weight excluding hydrogens is 1030 g/mol. The van der Waals surface area contributed by atoms with Crippen LogP contribution < -0.4 is 27.9 Å². The topological polar surface area (TPSA) is 430 Å². The summed E-state index contributed by atoms with van der Waals surface area (Å²) in [6.07, 6.45) is -5.42. The molecular formula is C40H54N12O20P2. The van der Waals surface area contributed by atoms with Crippen molar-refractivity contribution in [2.24, 2.45) is 0 Å². The second-order valence-corrected chi connectivity index (χ2v) is 20.4. The number of nitrogen functional groups attached to an aromatic ring is 2. The van der Waals surface area contributed by atoms with E-state index in [1.165, 1.54) is 23.0 Å². The number of imidazole rings is 2. The van der Waals surface area contributed by atoms with Crippen molar-refractivity contribution >= 4 is 73.1 Å². The quantitative estimate of drug-likeness (QED) is 0.0252. The third-order valence-corrected chi connectivity index (χ3v) is 14.0. The number of aromatic amines is 2.